The molecule has 4 rings (SSSR count). The third-order valence-electron chi connectivity index (χ3n) is 4.36. The van der Waals surface area contributed by atoms with E-state index < -0.39 is 0 Å². The maximum absolute atomic E-state index is 13.9. The van der Waals surface area contributed by atoms with Crippen molar-refractivity contribution in [1.29, 1.82) is 0 Å². The smallest absolute Gasteiger partial charge is 0.255 e. The number of fused-ring (bicyclic) bond motifs is 1. The lowest BCUT2D eigenvalue weighted by molar-refractivity contribution is 0.0929. The highest BCUT2D eigenvalue weighted by Crippen LogP contribution is 2.33. The number of aromatic nitrogens is 2. The summed E-state index contributed by atoms with van der Waals surface area (Å²) in [5, 5.41) is 7.12. The zero-order valence-corrected chi connectivity index (χ0v) is 14.7. The molecule has 2 aromatic carbocycles. The molecule has 27 heavy (non-hydrogen) atoms. The van der Waals surface area contributed by atoms with Crippen molar-refractivity contribution < 1.29 is 18.7 Å². The van der Waals surface area contributed by atoms with Crippen molar-refractivity contribution >= 4 is 5.91 Å². The fraction of sp³-hybridized carbons (Fsp3) is 0.200. The molecule has 0 fully saturated rings. The Morgan fingerprint density at radius 1 is 1.19 bits per heavy atom. The Bertz CT molecular complexity index is 986. The number of halogens is 1. The average molecular weight is 367 g/mol. The fourth-order valence-electron chi connectivity index (χ4n) is 2.94. The maximum Gasteiger partial charge on any atom is 0.255 e. The molecule has 0 spiro atoms. The monoisotopic (exact) mass is 367 g/mol. The Hall–Kier alpha value is -3.35. The molecular weight excluding hydrogens is 349 g/mol. The Labute approximate surface area is 155 Å². The van der Waals surface area contributed by atoms with Gasteiger partial charge in [-0.05, 0) is 31.2 Å². The van der Waals surface area contributed by atoms with Crippen molar-refractivity contribution in [2.75, 3.05) is 13.2 Å². The van der Waals surface area contributed by atoms with E-state index in [0.717, 1.165) is 5.56 Å². The molecule has 2 heterocycles. The number of ether oxygens (including phenoxy) is 2. The maximum atomic E-state index is 13.9. The van der Waals surface area contributed by atoms with Gasteiger partial charge < -0.3 is 14.8 Å². The highest BCUT2D eigenvalue weighted by Gasteiger charge is 2.22. The van der Waals surface area contributed by atoms with E-state index >= 15 is 0 Å². The second-order valence-electron chi connectivity index (χ2n) is 6.19. The zero-order chi connectivity index (χ0) is 18.8. The van der Waals surface area contributed by atoms with Gasteiger partial charge in [-0.25, -0.2) is 9.07 Å². The summed E-state index contributed by atoms with van der Waals surface area (Å²) in [7, 11) is 0. The van der Waals surface area contributed by atoms with Gasteiger partial charge in [-0.3, -0.25) is 4.79 Å². The van der Waals surface area contributed by atoms with Crippen LogP contribution in [0, 0.1) is 5.82 Å². The van der Waals surface area contributed by atoms with Gasteiger partial charge in [0.05, 0.1) is 17.8 Å². The molecule has 1 aliphatic rings. The van der Waals surface area contributed by atoms with Gasteiger partial charge in [-0.2, -0.15) is 5.10 Å². The first-order chi connectivity index (χ1) is 13.1. The summed E-state index contributed by atoms with van der Waals surface area (Å²) in [5.74, 6) is 0.379. The topological polar surface area (TPSA) is 65.4 Å². The highest BCUT2D eigenvalue weighted by molar-refractivity contribution is 5.98. The molecule has 6 nitrogen and oxygen atoms in total. The molecule has 7 heteroatoms. The summed E-state index contributed by atoms with van der Waals surface area (Å²) in [4.78, 5) is 12.7. The number of rotatable bonds is 4. The van der Waals surface area contributed by atoms with Gasteiger partial charge in [0.1, 0.15) is 24.7 Å². The zero-order valence-electron chi connectivity index (χ0n) is 14.7. The van der Waals surface area contributed by atoms with Crippen LogP contribution in [0.25, 0.3) is 5.69 Å². The first-order valence-corrected chi connectivity index (χ1v) is 8.62. The molecule has 0 saturated carbocycles. The number of nitrogens with one attached hydrogen (secondary N) is 1. The van der Waals surface area contributed by atoms with Crippen molar-refractivity contribution in [3.63, 3.8) is 0 Å². The molecule has 0 aliphatic carbocycles. The molecule has 0 saturated heterocycles. The number of hydrogen-bond donors (Lipinski definition) is 1. The van der Waals surface area contributed by atoms with Gasteiger partial charge >= 0.3 is 0 Å². The van der Waals surface area contributed by atoms with Crippen LogP contribution in [-0.4, -0.2) is 28.9 Å². The van der Waals surface area contributed by atoms with E-state index in [1.54, 1.807) is 48.8 Å². The van der Waals surface area contributed by atoms with Crippen LogP contribution in [0.1, 0.15) is 28.9 Å². The molecule has 0 radical (unpaired) electrons. The van der Waals surface area contributed by atoms with E-state index in [9.17, 15) is 9.18 Å². The number of amides is 1. The van der Waals surface area contributed by atoms with Gasteiger partial charge in [0.2, 0.25) is 0 Å². The van der Waals surface area contributed by atoms with E-state index in [4.69, 9.17) is 9.47 Å². The standard InChI is InChI=1S/C20H18FN3O3/c1-13(14-11-22-24(12-14)17-7-3-2-6-16(17)21)23-20(25)15-5-4-8-18-19(15)27-10-9-26-18/h2-8,11-13H,9-10H2,1H3,(H,23,25)/t13-/m0/s1. The predicted octanol–water partition coefficient (Wildman–Crippen LogP) is 3.27. The normalized spacial score (nSPS) is 13.9. The Morgan fingerprint density at radius 2 is 2.00 bits per heavy atom. The largest absolute Gasteiger partial charge is 0.486 e. The van der Waals surface area contributed by atoms with Gasteiger partial charge in [-0.15, -0.1) is 0 Å². The van der Waals surface area contributed by atoms with Crippen molar-refractivity contribution in [3.8, 4) is 17.2 Å². The number of hydrogen-bond acceptors (Lipinski definition) is 4. The minimum absolute atomic E-state index is 0.275. The molecule has 1 aliphatic heterocycles. The molecule has 1 aromatic heterocycles. The summed E-state index contributed by atoms with van der Waals surface area (Å²) in [5.41, 5.74) is 1.53. The van der Waals surface area contributed by atoms with Crippen molar-refractivity contribution in [3.05, 3.63) is 71.8 Å². The van der Waals surface area contributed by atoms with Crippen LogP contribution in [0.15, 0.2) is 54.9 Å². The van der Waals surface area contributed by atoms with E-state index in [0.29, 0.717) is 36.0 Å². The van der Waals surface area contributed by atoms with Crippen LogP contribution in [0.5, 0.6) is 11.5 Å². The number of benzene rings is 2. The molecule has 1 amide bonds. The first-order valence-electron chi connectivity index (χ1n) is 8.62. The second kappa shape index (κ2) is 7.11. The van der Waals surface area contributed by atoms with Crippen LogP contribution in [0.3, 0.4) is 0 Å². The number of nitrogens with zero attached hydrogens (tertiary/aromatic N) is 2. The Morgan fingerprint density at radius 3 is 2.85 bits per heavy atom. The van der Waals surface area contributed by atoms with Gasteiger partial charge in [-0.1, -0.05) is 18.2 Å². The van der Waals surface area contributed by atoms with Gasteiger partial charge in [0.25, 0.3) is 5.91 Å². The Kier molecular flexibility index (Phi) is 4.50. The van der Waals surface area contributed by atoms with Gasteiger partial charge in [0.15, 0.2) is 11.5 Å². The van der Waals surface area contributed by atoms with Crippen molar-refractivity contribution in [2.24, 2.45) is 0 Å². The first kappa shape index (κ1) is 17.1. The van der Waals surface area contributed by atoms with E-state index in [2.05, 4.69) is 10.4 Å². The van der Waals surface area contributed by atoms with Crippen molar-refractivity contribution in [1.82, 2.24) is 15.1 Å². The van der Waals surface area contributed by atoms with Gasteiger partial charge in [0, 0.05) is 11.8 Å². The average Bonchev–Trinajstić information content (AvgIpc) is 3.18. The van der Waals surface area contributed by atoms with E-state index in [1.165, 1.54) is 10.7 Å². The molecule has 0 bridgehead atoms. The molecule has 0 unspecified atom stereocenters. The lowest BCUT2D eigenvalue weighted by Gasteiger charge is -2.21. The summed E-state index contributed by atoms with van der Waals surface area (Å²) in [6.45, 7) is 2.71. The predicted molar refractivity (Wildman–Crippen MR) is 96.8 cm³/mol. The van der Waals surface area contributed by atoms with Crippen molar-refractivity contribution in [2.45, 2.75) is 13.0 Å². The van der Waals surface area contributed by atoms with E-state index in [1.807, 2.05) is 6.92 Å². The summed E-state index contributed by atoms with van der Waals surface area (Å²) < 4.78 is 26.5. The highest BCUT2D eigenvalue weighted by atomic mass is 19.1. The number of carbonyl (C=O) groups is 1. The minimum atomic E-state index is -0.364. The summed E-state index contributed by atoms with van der Waals surface area (Å²) in [6.07, 6.45) is 3.31. The quantitative estimate of drug-likeness (QED) is 0.769. The summed E-state index contributed by atoms with van der Waals surface area (Å²) in [6, 6.07) is 11.3. The fourth-order valence-corrected chi connectivity index (χ4v) is 2.94. The van der Waals surface area contributed by atoms with Crippen LogP contribution in [-0.2, 0) is 0 Å². The SMILES string of the molecule is C[C@H](NC(=O)c1cccc2c1OCCO2)c1cnn(-c2ccccc2F)c1. The molecule has 1 atom stereocenters. The lowest BCUT2D eigenvalue weighted by atomic mass is 10.1. The molecular formula is C20H18FN3O3. The van der Waals surface area contributed by atoms with Crippen LogP contribution in [0.4, 0.5) is 4.39 Å². The van der Waals surface area contributed by atoms with Crippen LogP contribution >= 0.6 is 0 Å². The Balaban J connectivity index is 1.53. The molecule has 3 aromatic rings. The number of carbonyl (C=O) groups excluding carboxylic acids is 1. The minimum Gasteiger partial charge on any atom is -0.486 e. The van der Waals surface area contributed by atoms with Crippen LogP contribution < -0.4 is 14.8 Å². The third kappa shape index (κ3) is 3.36. The molecule has 1 N–H and O–H groups in total. The lowest BCUT2D eigenvalue weighted by Crippen LogP contribution is -2.28. The van der Waals surface area contributed by atoms with Crippen LogP contribution in [0.2, 0.25) is 0 Å². The summed E-state index contributed by atoms with van der Waals surface area (Å²) >= 11 is 0. The van der Waals surface area contributed by atoms with E-state index in [-0.39, 0.29) is 17.8 Å². The molecule has 138 valence electrons. The number of para-hydroxylation sites is 2. The second-order valence-corrected chi connectivity index (χ2v) is 6.19. The third-order valence-corrected chi connectivity index (χ3v) is 4.36.